The molecule has 3 heterocycles. The number of carboxylic acid groups (broad SMARTS) is 1. The zero-order valence-corrected chi connectivity index (χ0v) is 22.5. The van der Waals surface area contributed by atoms with Gasteiger partial charge in [-0.15, -0.1) is 11.8 Å². The number of β-lactam (4-membered cyclic amide) rings is 1. The van der Waals surface area contributed by atoms with E-state index in [4.69, 9.17) is 5.14 Å². The summed E-state index contributed by atoms with van der Waals surface area (Å²) >= 11 is 1.45. The SMILES string of the molecule is Cc1ccc(CN2C[C@@H](SC3=C(C(=O)O)N4C(=O)[C@H]([C@@H](C)O)[C@H]4[C@H]3C)C[C@H]2CNS(N)(=O)=O)cc1C. The first kappa shape index (κ1) is 27.1. The normalized spacial score (nSPS) is 29.4. The van der Waals surface area contributed by atoms with Gasteiger partial charge in [0.2, 0.25) is 5.91 Å². The number of aryl methyl sites for hydroxylation is 2. The van der Waals surface area contributed by atoms with Gasteiger partial charge in [-0.1, -0.05) is 25.1 Å². The number of carbonyl (C=O) groups is 2. The molecule has 10 nitrogen and oxygen atoms in total. The van der Waals surface area contributed by atoms with E-state index in [2.05, 4.69) is 27.8 Å². The Morgan fingerprint density at radius 3 is 2.58 bits per heavy atom. The maximum absolute atomic E-state index is 12.6. The van der Waals surface area contributed by atoms with E-state index in [-0.39, 0.29) is 41.4 Å². The number of nitrogens with one attached hydrogen (secondary N) is 1. The van der Waals surface area contributed by atoms with Crippen LogP contribution in [0.25, 0.3) is 0 Å². The number of aliphatic carboxylic acids is 1. The van der Waals surface area contributed by atoms with Crippen molar-refractivity contribution >= 4 is 33.8 Å². The number of carbonyl (C=O) groups excluding carboxylic acids is 1. The van der Waals surface area contributed by atoms with Crippen molar-refractivity contribution in [1.82, 2.24) is 14.5 Å². The summed E-state index contributed by atoms with van der Waals surface area (Å²) in [6, 6.07) is 5.76. The number of hydrogen-bond acceptors (Lipinski definition) is 7. The molecule has 1 amide bonds. The molecule has 5 N–H and O–H groups in total. The van der Waals surface area contributed by atoms with Crippen LogP contribution >= 0.6 is 11.8 Å². The van der Waals surface area contributed by atoms with Crippen LogP contribution in [-0.4, -0.2) is 76.8 Å². The van der Waals surface area contributed by atoms with Crippen molar-refractivity contribution in [3.05, 3.63) is 45.5 Å². The van der Waals surface area contributed by atoms with Crippen molar-refractivity contribution in [3.8, 4) is 0 Å². The van der Waals surface area contributed by atoms with Gasteiger partial charge in [-0.3, -0.25) is 9.69 Å². The van der Waals surface area contributed by atoms with Crippen molar-refractivity contribution in [2.24, 2.45) is 17.0 Å². The third-order valence-corrected chi connectivity index (χ3v) is 9.63. The number of carboxylic acids is 1. The van der Waals surface area contributed by atoms with E-state index in [1.54, 1.807) is 6.92 Å². The molecule has 0 aliphatic carbocycles. The Morgan fingerprint density at radius 1 is 1.31 bits per heavy atom. The van der Waals surface area contributed by atoms with Gasteiger partial charge in [0.05, 0.1) is 18.1 Å². The summed E-state index contributed by atoms with van der Waals surface area (Å²) in [4.78, 5) is 29.0. The standard InChI is InChI=1S/C24H34N4O6S2/c1-12-5-6-16(7-13(12)2)10-27-11-18(8-17(27)9-26-36(25,33)34)35-22-14(3)20-19(15(4)29)23(30)28(20)21(22)24(31)32/h5-7,14-15,17-20,26,29H,8-11H2,1-4H3,(H,31,32)(H2,25,33,34)/t14-,15-,17+,18+,19-,20-/m1/s1. The average Bonchev–Trinajstić information content (AvgIpc) is 3.25. The van der Waals surface area contributed by atoms with Gasteiger partial charge in [0.15, 0.2) is 0 Å². The summed E-state index contributed by atoms with van der Waals surface area (Å²) in [7, 11) is -3.85. The quantitative estimate of drug-likeness (QED) is 0.339. The van der Waals surface area contributed by atoms with Crippen molar-refractivity contribution in [2.45, 2.75) is 64.1 Å². The van der Waals surface area contributed by atoms with Crippen LogP contribution in [-0.2, 0) is 26.3 Å². The third kappa shape index (κ3) is 5.20. The molecule has 0 radical (unpaired) electrons. The number of aliphatic hydroxyl groups is 1. The van der Waals surface area contributed by atoms with Gasteiger partial charge in [0.1, 0.15) is 5.70 Å². The highest BCUT2D eigenvalue weighted by atomic mass is 32.2. The zero-order chi connectivity index (χ0) is 26.5. The van der Waals surface area contributed by atoms with E-state index in [0.29, 0.717) is 24.4 Å². The van der Waals surface area contributed by atoms with E-state index in [0.717, 1.165) is 5.56 Å². The first-order chi connectivity index (χ1) is 16.8. The fourth-order valence-corrected chi connectivity index (χ4v) is 7.66. The molecular formula is C24H34N4O6S2. The van der Waals surface area contributed by atoms with E-state index < -0.39 is 28.2 Å². The van der Waals surface area contributed by atoms with Crippen molar-refractivity contribution < 1.29 is 28.2 Å². The van der Waals surface area contributed by atoms with Crippen LogP contribution in [0.15, 0.2) is 28.8 Å². The van der Waals surface area contributed by atoms with Crippen LogP contribution in [0.3, 0.4) is 0 Å². The number of thioether (sulfide) groups is 1. The molecule has 2 saturated heterocycles. The molecule has 0 unspecified atom stereocenters. The smallest absolute Gasteiger partial charge is 0.353 e. The number of nitrogens with two attached hydrogens (primary N) is 1. The summed E-state index contributed by atoms with van der Waals surface area (Å²) in [5.74, 6) is -2.33. The zero-order valence-electron chi connectivity index (χ0n) is 20.8. The molecule has 2 fully saturated rings. The predicted octanol–water partition coefficient (Wildman–Crippen LogP) is 0.926. The number of aliphatic hydroxyl groups excluding tert-OH is 1. The topological polar surface area (TPSA) is 153 Å². The second kappa shape index (κ2) is 10.1. The minimum atomic E-state index is -3.85. The van der Waals surface area contributed by atoms with Gasteiger partial charge in [0.25, 0.3) is 10.2 Å². The van der Waals surface area contributed by atoms with Gasteiger partial charge >= 0.3 is 5.97 Å². The predicted molar refractivity (Wildman–Crippen MR) is 137 cm³/mol. The number of nitrogens with zero attached hydrogens (tertiary/aromatic N) is 2. The highest BCUT2D eigenvalue weighted by Crippen LogP contribution is 2.52. The van der Waals surface area contributed by atoms with Crippen LogP contribution in [0, 0.1) is 25.7 Å². The lowest BCUT2D eigenvalue weighted by atomic mass is 9.79. The molecule has 0 aromatic heterocycles. The van der Waals surface area contributed by atoms with Crippen LogP contribution < -0.4 is 9.86 Å². The maximum atomic E-state index is 12.6. The third-order valence-electron chi connectivity index (χ3n) is 7.57. The molecule has 0 spiro atoms. The molecule has 6 atom stereocenters. The molecule has 1 aromatic rings. The molecule has 3 aliphatic rings. The number of rotatable bonds is 9. The van der Waals surface area contributed by atoms with E-state index in [1.165, 1.54) is 27.8 Å². The van der Waals surface area contributed by atoms with Gasteiger partial charge in [-0.05, 0) is 43.9 Å². The minimum Gasteiger partial charge on any atom is -0.477 e. The molecule has 36 heavy (non-hydrogen) atoms. The highest BCUT2D eigenvalue weighted by molar-refractivity contribution is 8.03. The molecule has 198 valence electrons. The Bertz CT molecular complexity index is 1200. The summed E-state index contributed by atoms with van der Waals surface area (Å²) in [6.07, 6.45) is -0.228. The summed E-state index contributed by atoms with van der Waals surface area (Å²) in [5.41, 5.74) is 3.48. The molecule has 0 bridgehead atoms. The van der Waals surface area contributed by atoms with Crippen LogP contribution in [0.1, 0.15) is 37.0 Å². The Hall–Kier alpha value is -1.96. The van der Waals surface area contributed by atoms with Gasteiger partial charge in [-0.2, -0.15) is 8.42 Å². The fraction of sp³-hybridized carbons (Fsp3) is 0.583. The summed E-state index contributed by atoms with van der Waals surface area (Å²) < 4.78 is 25.5. The Balaban J connectivity index is 1.55. The Morgan fingerprint density at radius 2 is 2.00 bits per heavy atom. The van der Waals surface area contributed by atoms with Gasteiger partial charge in [-0.25, -0.2) is 14.7 Å². The molecule has 3 aliphatic heterocycles. The second-order valence-corrected chi connectivity index (χ2v) is 12.9. The number of benzene rings is 1. The first-order valence-electron chi connectivity index (χ1n) is 12.0. The Labute approximate surface area is 216 Å². The monoisotopic (exact) mass is 538 g/mol. The van der Waals surface area contributed by atoms with Crippen molar-refractivity contribution in [2.75, 3.05) is 13.1 Å². The fourth-order valence-electron chi connectivity index (χ4n) is 5.64. The molecule has 12 heteroatoms. The van der Waals surface area contributed by atoms with Gasteiger partial charge < -0.3 is 15.1 Å². The molecule has 1 aromatic carbocycles. The first-order valence-corrected chi connectivity index (χ1v) is 14.4. The van der Waals surface area contributed by atoms with Crippen LogP contribution in [0.2, 0.25) is 0 Å². The van der Waals surface area contributed by atoms with Crippen molar-refractivity contribution in [1.29, 1.82) is 0 Å². The number of hydrogen-bond donors (Lipinski definition) is 4. The second-order valence-electron chi connectivity index (χ2n) is 10.1. The lowest BCUT2D eigenvalue weighted by molar-refractivity contribution is -0.163. The molecule has 0 saturated carbocycles. The maximum Gasteiger partial charge on any atom is 0.353 e. The van der Waals surface area contributed by atoms with Crippen LogP contribution in [0.4, 0.5) is 0 Å². The van der Waals surface area contributed by atoms with E-state index in [9.17, 15) is 28.2 Å². The van der Waals surface area contributed by atoms with E-state index >= 15 is 0 Å². The summed E-state index contributed by atoms with van der Waals surface area (Å²) in [5, 5.41) is 25.2. The average molecular weight is 539 g/mol. The van der Waals surface area contributed by atoms with Crippen LogP contribution in [0.5, 0.6) is 0 Å². The Kier molecular flexibility index (Phi) is 7.58. The summed E-state index contributed by atoms with van der Waals surface area (Å²) in [6.45, 7) is 8.95. The van der Waals surface area contributed by atoms with Gasteiger partial charge in [0, 0.05) is 41.7 Å². The number of amides is 1. The highest BCUT2D eigenvalue weighted by Gasteiger charge is 2.60. The van der Waals surface area contributed by atoms with E-state index in [1.807, 2.05) is 20.8 Å². The molecule has 4 rings (SSSR count). The minimum absolute atomic E-state index is 0.00516. The lowest BCUT2D eigenvalue weighted by Gasteiger charge is -2.46. The lowest BCUT2D eigenvalue weighted by Crippen LogP contribution is -2.63. The number of fused-ring (bicyclic) bond motifs is 1. The molecular weight excluding hydrogens is 504 g/mol. The number of likely N-dealkylation sites (tertiary alicyclic amines) is 1. The largest absolute Gasteiger partial charge is 0.477 e. The van der Waals surface area contributed by atoms with Crippen molar-refractivity contribution in [3.63, 3.8) is 0 Å².